The second-order valence-electron chi connectivity index (χ2n) is 4.61. The second kappa shape index (κ2) is 4.36. The van der Waals surface area contributed by atoms with Crippen molar-refractivity contribution in [3.8, 4) is 5.75 Å². The number of nitrogens with zero attached hydrogens (tertiary/aromatic N) is 3. The summed E-state index contributed by atoms with van der Waals surface area (Å²) in [6.45, 7) is -1.15. The number of pyridine rings is 1. The van der Waals surface area contributed by atoms with Gasteiger partial charge in [0, 0.05) is 6.20 Å². The van der Waals surface area contributed by atoms with Crippen LogP contribution in [0.1, 0.15) is 6.93 Å². The van der Waals surface area contributed by atoms with Gasteiger partial charge in [0.1, 0.15) is 5.52 Å². The number of rotatable bonds is 1. The predicted molar refractivity (Wildman–Crippen MR) is 70.9 cm³/mol. The van der Waals surface area contributed by atoms with E-state index in [9.17, 15) is 13.2 Å². The van der Waals surface area contributed by atoms with Gasteiger partial charge in [-0.1, -0.05) is 0 Å². The molecule has 0 bridgehead atoms. The molecule has 2 aromatic heterocycles. The highest BCUT2D eigenvalue weighted by Gasteiger charge is 2.32. The quantitative estimate of drug-likeness (QED) is 0.685. The van der Waals surface area contributed by atoms with Crippen molar-refractivity contribution in [1.82, 2.24) is 9.97 Å². The van der Waals surface area contributed by atoms with E-state index in [0.717, 1.165) is 12.1 Å². The van der Waals surface area contributed by atoms with E-state index >= 15 is 0 Å². The van der Waals surface area contributed by atoms with Crippen LogP contribution in [0.15, 0.2) is 41.1 Å². The summed E-state index contributed by atoms with van der Waals surface area (Å²) in [7, 11) is 0. The highest BCUT2D eigenvalue weighted by Crippen LogP contribution is 2.39. The maximum atomic E-state index is 12.8. The Balaban J connectivity index is 1.81. The standard InChI is InChI=1S/C14H8F3N3O2/c15-14(16,17)8-1-2-11-9(5-8)19-13(22-11)20-7-21-12-6-18-4-3-10(12)20/h1-6H,7H2/i7D. The molecule has 3 heterocycles. The molecule has 0 radical (unpaired) electrons. The molecule has 0 spiro atoms. The Kier molecular flexibility index (Phi) is 2.35. The molecule has 22 heavy (non-hydrogen) atoms. The van der Waals surface area contributed by atoms with Crippen molar-refractivity contribution in [3.05, 3.63) is 42.2 Å². The lowest BCUT2D eigenvalue weighted by molar-refractivity contribution is -0.137. The molecule has 1 aromatic carbocycles. The van der Waals surface area contributed by atoms with E-state index in [1.54, 1.807) is 6.07 Å². The minimum atomic E-state index is -4.46. The number of alkyl halides is 3. The van der Waals surface area contributed by atoms with Gasteiger partial charge in [-0.15, -0.1) is 0 Å². The zero-order valence-corrected chi connectivity index (χ0v) is 10.8. The molecule has 0 saturated carbocycles. The molecule has 8 heteroatoms. The Morgan fingerprint density at radius 1 is 1.27 bits per heavy atom. The molecule has 1 atom stereocenters. The fourth-order valence-electron chi connectivity index (χ4n) is 2.17. The molecular formula is C14H8F3N3O2. The van der Waals surface area contributed by atoms with Gasteiger partial charge in [0.05, 0.1) is 18.8 Å². The van der Waals surface area contributed by atoms with E-state index in [1.807, 2.05) is 0 Å². The van der Waals surface area contributed by atoms with Crippen molar-refractivity contribution in [2.24, 2.45) is 0 Å². The molecule has 1 aliphatic heterocycles. The number of hydrogen-bond donors (Lipinski definition) is 0. The number of hydrogen-bond acceptors (Lipinski definition) is 5. The summed E-state index contributed by atoms with van der Waals surface area (Å²) < 4.78 is 57.0. The molecule has 0 fully saturated rings. The first-order valence-electron chi connectivity index (χ1n) is 6.81. The van der Waals surface area contributed by atoms with Crippen LogP contribution in [0.25, 0.3) is 11.1 Å². The Morgan fingerprint density at radius 2 is 2.14 bits per heavy atom. The van der Waals surface area contributed by atoms with Gasteiger partial charge < -0.3 is 9.15 Å². The summed E-state index contributed by atoms with van der Waals surface area (Å²) in [4.78, 5) is 9.28. The molecule has 3 aromatic rings. The van der Waals surface area contributed by atoms with Crippen LogP contribution in [0.5, 0.6) is 5.75 Å². The monoisotopic (exact) mass is 308 g/mol. The third kappa shape index (κ3) is 1.95. The van der Waals surface area contributed by atoms with Crippen molar-refractivity contribution < 1.29 is 23.7 Å². The summed E-state index contributed by atoms with van der Waals surface area (Å²) in [5, 5.41) is 0. The van der Waals surface area contributed by atoms with Crippen molar-refractivity contribution in [2.75, 3.05) is 11.6 Å². The van der Waals surface area contributed by atoms with Gasteiger partial charge in [-0.25, -0.2) is 0 Å². The Morgan fingerprint density at radius 3 is 2.95 bits per heavy atom. The third-order valence-electron chi connectivity index (χ3n) is 3.22. The normalized spacial score (nSPS) is 18.2. The van der Waals surface area contributed by atoms with Crippen molar-refractivity contribution in [1.29, 1.82) is 0 Å². The number of benzene rings is 1. The SMILES string of the molecule is [2H]C1Oc2cnccc2N1c1nc2cc(C(F)(F)F)ccc2o1. The fourth-order valence-corrected chi connectivity index (χ4v) is 2.17. The van der Waals surface area contributed by atoms with Crippen LogP contribution in [-0.4, -0.2) is 16.7 Å². The van der Waals surface area contributed by atoms with E-state index in [-0.39, 0.29) is 17.1 Å². The zero-order chi connectivity index (χ0) is 16.2. The maximum Gasteiger partial charge on any atom is 0.416 e. The van der Waals surface area contributed by atoms with Crippen LogP contribution in [0, 0.1) is 0 Å². The van der Waals surface area contributed by atoms with E-state index in [2.05, 4.69) is 9.97 Å². The number of halogens is 3. The molecule has 1 unspecified atom stereocenters. The van der Waals surface area contributed by atoms with Crippen LogP contribution >= 0.6 is 0 Å². The van der Waals surface area contributed by atoms with Crippen molar-refractivity contribution in [2.45, 2.75) is 6.18 Å². The smallest absolute Gasteiger partial charge is 0.416 e. The average Bonchev–Trinajstić information content (AvgIpc) is 3.04. The summed E-state index contributed by atoms with van der Waals surface area (Å²) in [5.74, 6) is 0.380. The summed E-state index contributed by atoms with van der Waals surface area (Å²) in [6, 6.07) is 4.64. The van der Waals surface area contributed by atoms with Gasteiger partial charge in [-0.2, -0.15) is 18.2 Å². The summed E-state index contributed by atoms with van der Waals surface area (Å²) in [5.41, 5.74) is -0.0376. The average molecular weight is 308 g/mol. The van der Waals surface area contributed by atoms with E-state index in [4.69, 9.17) is 10.5 Å². The molecule has 112 valence electrons. The first-order chi connectivity index (χ1) is 10.9. The number of anilines is 2. The zero-order valence-electron chi connectivity index (χ0n) is 11.8. The molecule has 0 N–H and O–H groups in total. The molecule has 4 rings (SSSR count). The first kappa shape index (κ1) is 11.8. The highest BCUT2D eigenvalue weighted by molar-refractivity contribution is 5.77. The molecular weight excluding hydrogens is 299 g/mol. The van der Waals surface area contributed by atoms with Crippen LogP contribution in [0.3, 0.4) is 0 Å². The van der Waals surface area contributed by atoms with Gasteiger partial charge in [-0.05, 0) is 24.3 Å². The molecule has 1 aliphatic rings. The van der Waals surface area contributed by atoms with Crippen LogP contribution in [0.2, 0.25) is 0 Å². The lowest BCUT2D eigenvalue weighted by Gasteiger charge is -2.09. The van der Waals surface area contributed by atoms with E-state index < -0.39 is 18.4 Å². The van der Waals surface area contributed by atoms with Gasteiger partial charge in [0.2, 0.25) is 0 Å². The fraction of sp³-hybridized carbons (Fsp3) is 0.143. The molecule has 0 amide bonds. The van der Waals surface area contributed by atoms with Crippen molar-refractivity contribution >= 4 is 22.8 Å². The highest BCUT2D eigenvalue weighted by atomic mass is 19.4. The molecule has 0 aliphatic carbocycles. The van der Waals surface area contributed by atoms with Crippen molar-refractivity contribution in [3.63, 3.8) is 0 Å². The molecule has 0 saturated heterocycles. The van der Waals surface area contributed by atoms with Crippen LogP contribution < -0.4 is 9.64 Å². The van der Waals surface area contributed by atoms with Gasteiger partial charge in [0.25, 0.3) is 0 Å². The van der Waals surface area contributed by atoms with Gasteiger partial charge in [0.15, 0.2) is 18.0 Å². The second-order valence-corrected chi connectivity index (χ2v) is 4.61. The van der Waals surface area contributed by atoms with Gasteiger partial charge in [-0.3, -0.25) is 9.88 Å². The summed E-state index contributed by atoms with van der Waals surface area (Å²) in [6.07, 6.45) is -1.50. The van der Waals surface area contributed by atoms with E-state index in [1.165, 1.54) is 23.4 Å². The number of aromatic nitrogens is 2. The Hall–Kier alpha value is -2.77. The Bertz CT molecular complexity index is 896. The molecule has 5 nitrogen and oxygen atoms in total. The van der Waals surface area contributed by atoms with Gasteiger partial charge >= 0.3 is 12.2 Å². The first-order valence-corrected chi connectivity index (χ1v) is 6.23. The number of fused-ring (bicyclic) bond motifs is 2. The lowest BCUT2D eigenvalue weighted by Crippen LogP contribution is -2.15. The minimum absolute atomic E-state index is 0.00993. The Labute approximate surface area is 123 Å². The van der Waals surface area contributed by atoms with Crippen LogP contribution in [0.4, 0.5) is 24.9 Å². The minimum Gasteiger partial charge on any atom is -0.469 e. The lowest BCUT2D eigenvalue weighted by atomic mass is 10.2. The van der Waals surface area contributed by atoms with E-state index in [0.29, 0.717) is 11.4 Å². The maximum absolute atomic E-state index is 12.8. The number of oxazole rings is 1. The number of ether oxygens (including phenoxy) is 1. The van der Waals surface area contributed by atoms with Crippen LogP contribution in [-0.2, 0) is 6.18 Å². The largest absolute Gasteiger partial charge is 0.469 e. The predicted octanol–water partition coefficient (Wildman–Crippen LogP) is 3.73. The topological polar surface area (TPSA) is 51.4 Å². The summed E-state index contributed by atoms with van der Waals surface area (Å²) >= 11 is 0. The third-order valence-corrected chi connectivity index (χ3v) is 3.22.